The molecule has 4 aromatic rings. The summed E-state index contributed by atoms with van der Waals surface area (Å²) in [7, 11) is 0. The molecule has 0 saturated heterocycles. The van der Waals surface area contributed by atoms with Crippen molar-refractivity contribution in [3.05, 3.63) is 70.5 Å². The van der Waals surface area contributed by atoms with Gasteiger partial charge >= 0.3 is 5.97 Å². The summed E-state index contributed by atoms with van der Waals surface area (Å²) >= 11 is 0. The normalized spacial score (nSPS) is 11.4. The molecule has 2 N–H and O–H groups in total. The van der Waals surface area contributed by atoms with Crippen molar-refractivity contribution in [1.29, 1.82) is 0 Å². The summed E-state index contributed by atoms with van der Waals surface area (Å²) in [6, 6.07) is 9.36. The van der Waals surface area contributed by atoms with Crippen LogP contribution in [0.1, 0.15) is 36.4 Å². The van der Waals surface area contributed by atoms with Crippen LogP contribution >= 0.6 is 0 Å². The Labute approximate surface area is 177 Å². The van der Waals surface area contributed by atoms with E-state index >= 15 is 0 Å². The highest BCUT2D eigenvalue weighted by molar-refractivity contribution is 5.79. The number of para-hydroxylation sites is 1. The standard InChI is InChI=1S/C23H22F2N4O2/c1-3-18-15(11-21(30)31)20(4-2)29(28-18)12-14-9-8-13(10-17(14)25)23-26-19-7-5-6-16(24)22(19)27-23/h5-10H,3-4,11-12H2,1-2H3,(H,26,27)(H,30,31). The Balaban J connectivity index is 1.67. The quantitative estimate of drug-likeness (QED) is 0.457. The lowest BCUT2D eigenvalue weighted by Gasteiger charge is -2.09. The SMILES string of the molecule is CCc1nn(Cc2ccc(-c3nc4c(F)cccc4[nH]3)cc2F)c(CC)c1CC(=O)O. The second-order valence-electron chi connectivity index (χ2n) is 7.33. The predicted molar refractivity (Wildman–Crippen MR) is 113 cm³/mol. The van der Waals surface area contributed by atoms with Crippen LogP contribution in [0.3, 0.4) is 0 Å². The van der Waals surface area contributed by atoms with E-state index in [0.717, 1.165) is 11.4 Å². The highest BCUT2D eigenvalue weighted by atomic mass is 19.1. The maximum Gasteiger partial charge on any atom is 0.307 e. The zero-order valence-corrected chi connectivity index (χ0v) is 17.2. The Morgan fingerprint density at radius 2 is 1.94 bits per heavy atom. The third-order valence-corrected chi connectivity index (χ3v) is 5.36. The minimum Gasteiger partial charge on any atom is -0.481 e. The zero-order valence-electron chi connectivity index (χ0n) is 17.2. The van der Waals surface area contributed by atoms with Crippen LogP contribution in [0.15, 0.2) is 36.4 Å². The molecular weight excluding hydrogens is 402 g/mol. The first kappa shape index (κ1) is 20.7. The fourth-order valence-electron chi connectivity index (χ4n) is 3.87. The first-order chi connectivity index (χ1) is 14.9. The highest BCUT2D eigenvalue weighted by Gasteiger charge is 2.19. The van der Waals surface area contributed by atoms with E-state index in [1.165, 1.54) is 12.1 Å². The summed E-state index contributed by atoms with van der Waals surface area (Å²) in [5.41, 5.74) is 3.92. The molecule has 31 heavy (non-hydrogen) atoms. The average molecular weight is 424 g/mol. The second kappa shape index (κ2) is 8.29. The number of fused-ring (bicyclic) bond motifs is 1. The van der Waals surface area contributed by atoms with Crippen LogP contribution in [0.25, 0.3) is 22.4 Å². The third kappa shape index (κ3) is 3.93. The summed E-state index contributed by atoms with van der Waals surface area (Å²) in [6.07, 6.45) is 1.10. The van der Waals surface area contributed by atoms with Gasteiger partial charge in [-0.1, -0.05) is 32.0 Å². The number of aryl methyl sites for hydroxylation is 1. The molecule has 0 fully saturated rings. The molecule has 0 atom stereocenters. The van der Waals surface area contributed by atoms with E-state index in [-0.39, 0.29) is 18.5 Å². The van der Waals surface area contributed by atoms with Crippen molar-refractivity contribution in [2.75, 3.05) is 0 Å². The molecular formula is C23H22F2N4O2. The topological polar surface area (TPSA) is 83.8 Å². The van der Waals surface area contributed by atoms with Crippen molar-refractivity contribution < 1.29 is 18.7 Å². The lowest BCUT2D eigenvalue weighted by atomic mass is 10.1. The lowest BCUT2D eigenvalue weighted by Crippen LogP contribution is -2.09. The maximum absolute atomic E-state index is 14.9. The third-order valence-electron chi connectivity index (χ3n) is 5.36. The van der Waals surface area contributed by atoms with E-state index in [1.807, 2.05) is 13.8 Å². The summed E-state index contributed by atoms with van der Waals surface area (Å²) in [4.78, 5) is 18.5. The number of benzene rings is 2. The smallest absolute Gasteiger partial charge is 0.307 e. The molecule has 0 aliphatic heterocycles. The number of H-pyrrole nitrogens is 1. The fourth-order valence-corrected chi connectivity index (χ4v) is 3.87. The van der Waals surface area contributed by atoms with Gasteiger partial charge in [-0.05, 0) is 31.0 Å². The van der Waals surface area contributed by atoms with Crippen molar-refractivity contribution in [1.82, 2.24) is 19.7 Å². The molecule has 2 aromatic heterocycles. The molecule has 2 heterocycles. The number of aromatic nitrogens is 4. The van der Waals surface area contributed by atoms with E-state index in [4.69, 9.17) is 0 Å². The number of carbonyl (C=O) groups is 1. The van der Waals surface area contributed by atoms with Crippen LogP contribution in [0.5, 0.6) is 0 Å². The monoisotopic (exact) mass is 424 g/mol. The van der Waals surface area contributed by atoms with E-state index in [1.54, 1.807) is 28.9 Å². The minimum atomic E-state index is -0.915. The van der Waals surface area contributed by atoms with Gasteiger partial charge in [0.1, 0.15) is 17.2 Å². The van der Waals surface area contributed by atoms with Crippen LogP contribution < -0.4 is 0 Å². The van der Waals surface area contributed by atoms with Gasteiger partial charge in [0.05, 0.1) is 24.2 Å². The molecule has 6 nitrogen and oxygen atoms in total. The number of halogens is 2. The second-order valence-corrected chi connectivity index (χ2v) is 7.33. The van der Waals surface area contributed by atoms with Crippen LogP contribution in [0.2, 0.25) is 0 Å². The van der Waals surface area contributed by atoms with E-state index in [0.29, 0.717) is 40.9 Å². The number of rotatable bonds is 7. The Hall–Kier alpha value is -3.55. The largest absolute Gasteiger partial charge is 0.481 e. The molecule has 0 bridgehead atoms. The number of aromatic amines is 1. The van der Waals surface area contributed by atoms with E-state index in [9.17, 15) is 18.7 Å². The Morgan fingerprint density at radius 1 is 1.13 bits per heavy atom. The molecule has 0 spiro atoms. The number of nitrogens with one attached hydrogen (secondary N) is 1. The van der Waals surface area contributed by atoms with Gasteiger partial charge in [-0.3, -0.25) is 9.48 Å². The van der Waals surface area contributed by atoms with Gasteiger partial charge in [0.2, 0.25) is 0 Å². The van der Waals surface area contributed by atoms with Crippen molar-refractivity contribution in [2.24, 2.45) is 0 Å². The fraction of sp³-hybridized carbons (Fsp3) is 0.261. The predicted octanol–water partition coefficient (Wildman–Crippen LogP) is 4.50. The summed E-state index contributed by atoms with van der Waals surface area (Å²) in [5, 5.41) is 13.8. The zero-order chi connectivity index (χ0) is 22.1. The number of carboxylic acids is 1. The molecule has 0 amide bonds. The van der Waals surface area contributed by atoms with Crippen LogP contribution in [0.4, 0.5) is 8.78 Å². The number of nitrogens with zero attached hydrogens (tertiary/aromatic N) is 3. The van der Waals surface area contributed by atoms with Crippen molar-refractivity contribution in [3.63, 3.8) is 0 Å². The summed E-state index contributed by atoms with van der Waals surface area (Å²) < 4.78 is 30.5. The first-order valence-corrected chi connectivity index (χ1v) is 10.1. The van der Waals surface area contributed by atoms with Crippen LogP contribution in [-0.2, 0) is 30.6 Å². The van der Waals surface area contributed by atoms with E-state index < -0.39 is 17.6 Å². The molecule has 0 unspecified atom stereocenters. The highest BCUT2D eigenvalue weighted by Crippen LogP contribution is 2.25. The van der Waals surface area contributed by atoms with Gasteiger partial charge in [-0.25, -0.2) is 13.8 Å². The summed E-state index contributed by atoms with van der Waals surface area (Å²) in [6.45, 7) is 4.04. The summed E-state index contributed by atoms with van der Waals surface area (Å²) in [5.74, 6) is -1.40. The van der Waals surface area contributed by atoms with E-state index in [2.05, 4.69) is 15.1 Å². The Kier molecular flexibility index (Phi) is 5.54. The molecule has 0 aliphatic rings. The maximum atomic E-state index is 14.9. The van der Waals surface area contributed by atoms with Crippen LogP contribution in [0, 0.1) is 11.6 Å². The molecule has 4 rings (SSSR count). The molecule has 8 heteroatoms. The van der Waals surface area contributed by atoms with Gasteiger partial charge < -0.3 is 10.1 Å². The van der Waals surface area contributed by atoms with Gasteiger partial charge in [0.15, 0.2) is 5.82 Å². The molecule has 0 aliphatic carbocycles. The molecule has 0 saturated carbocycles. The number of aliphatic carboxylic acids is 1. The van der Waals surface area contributed by atoms with Gasteiger partial charge in [0, 0.05) is 22.4 Å². The molecule has 160 valence electrons. The number of carboxylic acid groups (broad SMARTS) is 1. The van der Waals surface area contributed by atoms with Crippen molar-refractivity contribution in [2.45, 2.75) is 39.7 Å². The van der Waals surface area contributed by atoms with Gasteiger partial charge in [-0.2, -0.15) is 5.10 Å². The lowest BCUT2D eigenvalue weighted by molar-refractivity contribution is -0.136. The number of imidazole rings is 1. The number of hydrogen-bond acceptors (Lipinski definition) is 3. The molecule has 2 aromatic carbocycles. The van der Waals surface area contributed by atoms with Gasteiger partial charge in [-0.15, -0.1) is 0 Å². The average Bonchev–Trinajstić information content (AvgIpc) is 3.31. The van der Waals surface area contributed by atoms with Crippen LogP contribution in [-0.4, -0.2) is 30.8 Å². The number of hydrogen-bond donors (Lipinski definition) is 2. The Morgan fingerprint density at radius 3 is 2.58 bits per heavy atom. The Bertz CT molecular complexity index is 1280. The first-order valence-electron chi connectivity index (χ1n) is 10.1. The molecule has 0 radical (unpaired) electrons. The van der Waals surface area contributed by atoms with Gasteiger partial charge in [0.25, 0.3) is 0 Å². The van der Waals surface area contributed by atoms with Crippen molar-refractivity contribution >= 4 is 17.0 Å². The van der Waals surface area contributed by atoms with Crippen molar-refractivity contribution in [3.8, 4) is 11.4 Å². The minimum absolute atomic E-state index is 0.101.